The van der Waals surface area contributed by atoms with E-state index in [-0.39, 0.29) is 6.04 Å². The monoisotopic (exact) mass is 325 g/mol. The van der Waals surface area contributed by atoms with Gasteiger partial charge in [0.05, 0.1) is 24.9 Å². The second-order valence-corrected chi connectivity index (χ2v) is 6.34. The summed E-state index contributed by atoms with van der Waals surface area (Å²) in [6, 6.07) is -0.112. The van der Waals surface area contributed by atoms with Crippen LogP contribution in [-0.4, -0.2) is 50.0 Å². The average molecular weight is 326 g/mol. The SMILES string of the molecule is CC(C)Cc1nc(Cl)c2cnc(N[C@@H]3CCOC[C@H]3O)nn12. The van der Waals surface area contributed by atoms with Crippen LogP contribution in [0.1, 0.15) is 26.1 Å². The van der Waals surface area contributed by atoms with Crippen molar-refractivity contribution in [1.29, 1.82) is 0 Å². The number of aliphatic hydroxyl groups excluding tert-OH is 1. The molecule has 0 radical (unpaired) electrons. The Morgan fingerprint density at radius 2 is 2.36 bits per heavy atom. The minimum Gasteiger partial charge on any atom is -0.389 e. The van der Waals surface area contributed by atoms with Crippen molar-refractivity contribution in [2.45, 2.75) is 38.8 Å². The summed E-state index contributed by atoms with van der Waals surface area (Å²) < 4.78 is 6.95. The van der Waals surface area contributed by atoms with Gasteiger partial charge in [-0.3, -0.25) is 0 Å². The molecular weight excluding hydrogens is 306 g/mol. The molecule has 0 aromatic carbocycles. The van der Waals surface area contributed by atoms with Gasteiger partial charge in [-0.15, -0.1) is 5.10 Å². The number of halogens is 1. The third-order valence-corrected chi connectivity index (χ3v) is 3.92. The Bertz CT molecular complexity index is 660. The topological polar surface area (TPSA) is 84.6 Å². The number of aromatic nitrogens is 4. The zero-order chi connectivity index (χ0) is 15.7. The molecule has 8 heteroatoms. The molecule has 7 nitrogen and oxygen atoms in total. The highest BCUT2D eigenvalue weighted by molar-refractivity contribution is 6.32. The van der Waals surface area contributed by atoms with Crippen LogP contribution in [0.3, 0.4) is 0 Å². The summed E-state index contributed by atoms with van der Waals surface area (Å²) in [7, 11) is 0. The highest BCUT2D eigenvalue weighted by atomic mass is 35.5. The number of aliphatic hydroxyl groups is 1. The fourth-order valence-electron chi connectivity index (χ4n) is 2.53. The molecule has 2 atom stereocenters. The summed E-state index contributed by atoms with van der Waals surface area (Å²) in [6.07, 6.45) is 2.59. The van der Waals surface area contributed by atoms with Crippen molar-refractivity contribution in [2.75, 3.05) is 18.5 Å². The van der Waals surface area contributed by atoms with Crippen LogP contribution in [0.4, 0.5) is 5.95 Å². The molecule has 0 amide bonds. The van der Waals surface area contributed by atoms with Crippen LogP contribution in [0.15, 0.2) is 6.20 Å². The first kappa shape index (κ1) is 15.5. The fraction of sp³-hybridized carbons (Fsp3) is 0.643. The Morgan fingerprint density at radius 1 is 1.55 bits per heavy atom. The van der Waals surface area contributed by atoms with Crippen molar-refractivity contribution in [2.24, 2.45) is 5.92 Å². The van der Waals surface area contributed by atoms with Gasteiger partial charge in [0.2, 0.25) is 5.95 Å². The van der Waals surface area contributed by atoms with E-state index in [1.807, 2.05) is 0 Å². The molecule has 0 unspecified atom stereocenters. The zero-order valence-electron chi connectivity index (χ0n) is 12.7. The Morgan fingerprint density at radius 3 is 3.09 bits per heavy atom. The molecule has 22 heavy (non-hydrogen) atoms. The van der Waals surface area contributed by atoms with Crippen molar-refractivity contribution in [1.82, 2.24) is 19.6 Å². The number of nitrogens with one attached hydrogen (secondary N) is 1. The van der Waals surface area contributed by atoms with E-state index in [9.17, 15) is 5.11 Å². The fourth-order valence-corrected chi connectivity index (χ4v) is 2.75. The molecule has 2 aromatic heterocycles. The van der Waals surface area contributed by atoms with Gasteiger partial charge in [-0.25, -0.2) is 14.5 Å². The molecule has 2 N–H and O–H groups in total. The first-order valence-electron chi connectivity index (χ1n) is 7.47. The van der Waals surface area contributed by atoms with Gasteiger partial charge in [0.1, 0.15) is 11.3 Å². The maximum absolute atomic E-state index is 9.94. The Balaban J connectivity index is 1.87. The molecule has 1 saturated heterocycles. The Kier molecular flexibility index (Phi) is 4.46. The first-order valence-corrected chi connectivity index (χ1v) is 7.85. The summed E-state index contributed by atoms with van der Waals surface area (Å²) in [5.41, 5.74) is 0.690. The summed E-state index contributed by atoms with van der Waals surface area (Å²) in [5.74, 6) is 1.72. The van der Waals surface area contributed by atoms with Crippen molar-refractivity contribution >= 4 is 23.1 Å². The number of hydrogen-bond acceptors (Lipinski definition) is 6. The van der Waals surface area contributed by atoms with Crippen LogP contribution < -0.4 is 5.32 Å². The molecule has 1 aliphatic heterocycles. The highest BCUT2D eigenvalue weighted by Gasteiger charge is 2.24. The number of nitrogens with zero attached hydrogens (tertiary/aromatic N) is 4. The van der Waals surface area contributed by atoms with Crippen LogP contribution in [0.25, 0.3) is 5.52 Å². The Hall–Kier alpha value is -1.44. The van der Waals surface area contributed by atoms with E-state index in [0.717, 1.165) is 12.2 Å². The van der Waals surface area contributed by atoms with Crippen LogP contribution in [-0.2, 0) is 11.2 Å². The predicted octanol–water partition coefficient (Wildman–Crippen LogP) is 1.54. The van der Waals surface area contributed by atoms with E-state index in [4.69, 9.17) is 16.3 Å². The zero-order valence-corrected chi connectivity index (χ0v) is 13.4. The normalized spacial score (nSPS) is 22.4. The van der Waals surface area contributed by atoms with E-state index in [1.165, 1.54) is 0 Å². The lowest BCUT2D eigenvalue weighted by molar-refractivity contribution is -0.0136. The molecule has 3 rings (SSSR count). The summed E-state index contributed by atoms with van der Waals surface area (Å²) in [6.45, 7) is 5.18. The molecule has 0 saturated carbocycles. The predicted molar refractivity (Wildman–Crippen MR) is 83.2 cm³/mol. The van der Waals surface area contributed by atoms with Gasteiger partial charge < -0.3 is 15.2 Å². The van der Waals surface area contributed by atoms with E-state index in [0.29, 0.717) is 42.2 Å². The molecule has 120 valence electrons. The number of fused-ring (bicyclic) bond motifs is 1. The van der Waals surface area contributed by atoms with Crippen LogP contribution in [0.2, 0.25) is 5.15 Å². The average Bonchev–Trinajstić information content (AvgIpc) is 2.77. The minimum atomic E-state index is -0.561. The van der Waals surface area contributed by atoms with Gasteiger partial charge in [0.15, 0.2) is 5.15 Å². The van der Waals surface area contributed by atoms with Crippen molar-refractivity contribution in [3.05, 3.63) is 17.2 Å². The highest BCUT2D eigenvalue weighted by Crippen LogP contribution is 2.20. The van der Waals surface area contributed by atoms with Crippen molar-refractivity contribution < 1.29 is 9.84 Å². The lowest BCUT2D eigenvalue weighted by Crippen LogP contribution is -2.42. The largest absolute Gasteiger partial charge is 0.389 e. The summed E-state index contributed by atoms with van der Waals surface area (Å²) in [5, 5.41) is 18.0. The van der Waals surface area contributed by atoms with Gasteiger partial charge in [-0.05, 0) is 12.3 Å². The van der Waals surface area contributed by atoms with Crippen molar-refractivity contribution in [3.8, 4) is 0 Å². The summed E-state index contributed by atoms with van der Waals surface area (Å²) >= 11 is 6.14. The second-order valence-electron chi connectivity index (χ2n) is 5.98. The number of imidazole rings is 1. The van der Waals surface area contributed by atoms with Crippen LogP contribution >= 0.6 is 11.6 Å². The third kappa shape index (κ3) is 3.16. The molecule has 3 heterocycles. The lowest BCUT2D eigenvalue weighted by atomic mass is 10.1. The molecule has 1 aliphatic rings. The lowest BCUT2D eigenvalue weighted by Gasteiger charge is -2.28. The van der Waals surface area contributed by atoms with Crippen molar-refractivity contribution in [3.63, 3.8) is 0 Å². The van der Waals surface area contributed by atoms with Gasteiger partial charge in [-0.2, -0.15) is 0 Å². The number of hydrogen-bond donors (Lipinski definition) is 2. The third-order valence-electron chi connectivity index (χ3n) is 3.65. The first-order chi connectivity index (χ1) is 10.5. The van der Waals surface area contributed by atoms with E-state index in [2.05, 4.69) is 34.2 Å². The molecule has 0 spiro atoms. The van der Waals surface area contributed by atoms with E-state index in [1.54, 1.807) is 10.7 Å². The maximum Gasteiger partial charge on any atom is 0.241 e. The number of anilines is 1. The van der Waals surface area contributed by atoms with Crippen LogP contribution in [0.5, 0.6) is 0 Å². The molecule has 1 fully saturated rings. The minimum absolute atomic E-state index is 0.112. The van der Waals surface area contributed by atoms with Gasteiger partial charge >= 0.3 is 0 Å². The molecular formula is C14H20ClN5O2. The standard InChI is InChI=1S/C14H20ClN5O2/c1-8(2)5-12-18-13(15)10-6-16-14(19-20(10)12)17-9-3-4-22-7-11(9)21/h6,8-9,11,21H,3-5,7H2,1-2H3,(H,17,19)/t9-,11-/m1/s1. The molecule has 2 aromatic rings. The number of ether oxygens (including phenoxy) is 1. The maximum atomic E-state index is 9.94. The summed E-state index contributed by atoms with van der Waals surface area (Å²) in [4.78, 5) is 8.63. The molecule has 0 bridgehead atoms. The quantitative estimate of drug-likeness (QED) is 0.887. The Labute approximate surface area is 133 Å². The smallest absolute Gasteiger partial charge is 0.241 e. The van der Waals surface area contributed by atoms with Crippen LogP contribution in [0, 0.1) is 5.92 Å². The van der Waals surface area contributed by atoms with E-state index >= 15 is 0 Å². The van der Waals surface area contributed by atoms with Gasteiger partial charge in [0, 0.05) is 13.0 Å². The van der Waals surface area contributed by atoms with Gasteiger partial charge in [-0.1, -0.05) is 25.4 Å². The number of rotatable bonds is 4. The van der Waals surface area contributed by atoms with Gasteiger partial charge in [0.25, 0.3) is 0 Å². The van der Waals surface area contributed by atoms with E-state index < -0.39 is 6.10 Å². The molecule has 0 aliphatic carbocycles. The second kappa shape index (κ2) is 6.36.